The molecule has 3 rings (SSSR count). The molecule has 26 heavy (non-hydrogen) atoms. The summed E-state index contributed by atoms with van der Waals surface area (Å²) in [6.07, 6.45) is 0. The topological polar surface area (TPSA) is 24.9 Å². The Morgan fingerprint density at radius 1 is 0.731 bits per heavy atom. The van der Waals surface area contributed by atoms with E-state index in [-0.39, 0.29) is 0 Å². The largest absolute Gasteiger partial charge is 0.493 e. The number of nitrogens with zero attached hydrogens (tertiary/aromatic N) is 2. The van der Waals surface area contributed by atoms with Gasteiger partial charge < -0.3 is 9.47 Å². The minimum absolute atomic E-state index is 0.640. The minimum Gasteiger partial charge on any atom is -0.493 e. The summed E-state index contributed by atoms with van der Waals surface area (Å²) in [7, 11) is 3.27. The summed E-state index contributed by atoms with van der Waals surface area (Å²) < 4.78 is 37.0. The maximum absolute atomic E-state index is 13.3. The van der Waals surface area contributed by atoms with Gasteiger partial charge in [-0.3, -0.25) is 9.80 Å². The third-order valence-corrected chi connectivity index (χ3v) is 4.71. The first kappa shape index (κ1) is 18.6. The first-order chi connectivity index (χ1) is 12.6. The van der Waals surface area contributed by atoms with E-state index in [9.17, 15) is 8.78 Å². The van der Waals surface area contributed by atoms with Crippen molar-refractivity contribution in [3.63, 3.8) is 0 Å². The van der Waals surface area contributed by atoms with Crippen LogP contribution in [0.4, 0.5) is 8.78 Å². The van der Waals surface area contributed by atoms with Crippen LogP contribution in [0.25, 0.3) is 0 Å². The predicted molar refractivity (Wildman–Crippen MR) is 96.5 cm³/mol. The smallest absolute Gasteiger partial charge is 0.161 e. The highest BCUT2D eigenvalue weighted by atomic mass is 19.2. The zero-order valence-corrected chi connectivity index (χ0v) is 15.2. The van der Waals surface area contributed by atoms with E-state index in [1.807, 2.05) is 12.1 Å². The van der Waals surface area contributed by atoms with Crippen LogP contribution in [-0.2, 0) is 13.1 Å². The molecular weight excluding hydrogens is 338 g/mol. The second-order valence-corrected chi connectivity index (χ2v) is 6.49. The molecule has 1 fully saturated rings. The zero-order valence-electron chi connectivity index (χ0n) is 15.2. The van der Waals surface area contributed by atoms with E-state index in [0.29, 0.717) is 6.54 Å². The van der Waals surface area contributed by atoms with Crippen molar-refractivity contribution in [2.75, 3.05) is 40.4 Å². The standard InChI is InChI=1S/C20H24F2N2O2/c1-25-19-6-4-16(12-20(19)26-2)14-24-9-7-23(8-10-24)13-15-3-5-17(21)18(22)11-15/h3-6,11-12H,7-10,13-14H2,1-2H3. The Morgan fingerprint density at radius 2 is 1.27 bits per heavy atom. The lowest BCUT2D eigenvalue weighted by Crippen LogP contribution is -2.45. The van der Waals surface area contributed by atoms with Gasteiger partial charge in [0.1, 0.15) is 0 Å². The summed E-state index contributed by atoms with van der Waals surface area (Å²) in [6, 6.07) is 10.1. The number of hydrogen-bond donors (Lipinski definition) is 0. The molecule has 0 spiro atoms. The Bertz CT molecular complexity index is 747. The normalized spacial score (nSPS) is 15.8. The summed E-state index contributed by atoms with van der Waals surface area (Å²) in [4.78, 5) is 4.64. The number of ether oxygens (including phenoxy) is 2. The highest BCUT2D eigenvalue weighted by molar-refractivity contribution is 5.42. The quantitative estimate of drug-likeness (QED) is 0.787. The predicted octanol–water partition coefficient (Wildman–Crippen LogP) is 3.30. The summed E-state index contributed by atoms with van der Waals surface area (Å²) in [6.45, 7) is 5.13. The maximum Gasteiger partial charge on any atom is 0.161 e. The molecule has 1 heterocycles. The van der Waals surface area contributed by atoms with Gasteiger partial charge in [-0.05, 0) is 35.4 Å². The van der Waals surface area contributed by atoms with E-state index in [0.717, 1.165) is 49.8 Å². The molecule has 0 aliphatic carbocycles. The highest BCUT2D eigenvalue weighted by Gasteiger charge is 2.18. The van der Waals surface area contributed by atoms with Crippen LogP contribution >= 0.6 is 0 Å². The van der Waals surface area contributed by atoms with E-state index in [2.05, 4.69) is 15.9 Å². The Kier molecular flexibility index (Phi) is 6.06. The van der Waals surface area contributed by atoms with E-state index >= 15 is 0 Å². The van der Waals surface area contributed by atoms with Crippen LogP contribution in [0.2, 0.25) is 0 Å². The second-order valence-electron chi connectivity index (χ2n) is 6.49. The van der Waals surface area contributed by atoms with Crippen molar-refractivity contribution in [1.82, 2.24) is 9.80 Å². The van der Waals surface area contributed by atoms with E-state index < -0.39 is 11.6 Å². The molecule has 140 valence electrons. The average molecular weight is 362 g/mol. The molecule has 0 radical (unpaired) electrons. The fraction of sp³-hybridized carbons (Fsp3) is 0.400. The lowest BCUT2D eigenvalue weighted by molar-refractivity contribution is 0.122. The van der Waals surface area contributed by atoms with Crippen molar-refractivity contribution < 1.29 is 18.3 Å². The monoisotopic (exact) mass is 362 g/mol. The van der Waals surface area contributed by atoms with Gasteiger partial charge in [-0.2, -0.15) is 0 Å². The summed E-state index contributed by atoms with van der Waals surface area (Å²) in [5.74, 6) is -0.113. The third kappa shape index (κ3) is 4.51. The van der Waals surface area contributed by atoms with Crippen LogP contribution < -0.4 is 9.47 Å². The number of halogens is 2. The minimum atomic E-state index is -0.798. The fourth-order valence-corrected chi connectivity index (χ4v) is 3.24. The molecule has 0 aromatic heterocycles. The molecule has 2 aromatic rings. The Hall–Kier alpha value is -2.18. The van der Waals surface area contributed by atoms with Gasteiger partial charge in [-0.15, -0.1) is 0 Å². The molecule has 0 atom stereocenters. The van der Waals surface area contributed by atoms with Gasteiger partial charge in [-0.25, -0.2) is 8.78 Å². The summed E-state index contributed by atoms with van der Waals surface area (Å²) in [5, 5.41) is 0. The molecule has 1 saturated heterocycles. The second kappa shape index (κ2) is 8.47. The molecule has 2 aromatic carbocycles. The van der Waals surface area contributed by atoms with Gasteiger partial charge >= 0.3 is 0 Å². The number of hydrogen-bond acceptors (Lipinski definition) is 4. The van der Waals surface area contributed by atoms with Crippen LogP contribution in [0.3, 0.4) is 0 Å². The first-order valence-electron chi connectivity index (χ1n) is 8.68. The molecule has 4 nitrogen and oxygen atoms in total. The lowest BCUT2D eigenvalue weighted by atomic mass is 10.1. The Morgan fingerprint density at radius 3 is 1.81 bits per heavy atom. The molecule has 0 bridgehead atoms. The van der Waals surface area contributed by atoms with Crippen molar-refractivity contribution in [2.45, 2.75) is 13.1 Å². The third-order valence-electron chi connectivity index (χ3n) is 4.71. The van der Waals surface area contributed by atoms with Gasteiger partial charge in [0.05, 0.1) is 14.2 Å². The van der Waals surface area contributed by atoms with E-state index in [1.54, 1.807) is 20.3 Å². The fourth-order valence-electron chi connectivity index (χ4n) is 3.24. The van der Waals surface area contributed by atoms with Crippen molar-refractivity contribution >= 4 is 0 Å². The van der Waals surface area contributed by atoms with Gasteiger partial charge in [-0.1, -0.05) is 12.1 Å². The van der Waals surface area contributed by atoms with Crippen LogP contribution in [0.15, 0.2) is 36.4 Å². The Balaban J connectivity index is 1.53. The maximum atomic E-state index is 13.3. The van der Waals surface area contributed by atoms with E-state index in [4.69, 9.17) is 9.47 Å². The van der Waals surface area contributed by atoms with Gasteiger partial charge in [0.25, 0.3) is 0 Å². The van der Waals surface area contributed by atoms with Crippen LogP contribution in [-0.4, -0.2) is 50.2 Å². The Labute approximate surface area is 152 Å². The van der Waals surface area contributed by atoms with Crippen molar-refractivity contribution in [1.29, 1.82) is 0 Å². The SMILES string of the molecule is COc1ccc(CN2CCN(Cc3ccc(F)c(F)c3)CC2)cc1OC. The highest BCUT2D eigenvalue weighted by Crippen LogP contribution is 2.28. The molecule has 1 aliphatic heterocycles. The molecule has 0 unspecified atom stereocenters. The number of benzene rings is 2. The van der Waals surface area contributed by atoms with Crippen LogP contribution in [0.5, 0.6) is 11.5 Å². The number of methoxy groups -OCH3 is 2. The number of rotatable bonds is 6. The van der Waals surface area contributed by atoms with Crippen LogP contribution in [0.1, 0.15) is 11.1 Å². The van der Waals surface area contributed by atoms with E-state index in [1.165, 1.54) is 17.7 Å². The number of piperazine rings is 1. The molecule has 0 amide bonds. The summed E-state index contributed by atoms with van der Waals surface area (Å²) in [5.41, 5.74) is 1.98. The first-order valence-corrected chi connectivity index (χ1v) is 8.68. The molecule has 0 saturated carbocycles. The zero-order chi connectivity index (χ0) is 18.5. The average Bonchev–Trinajstić information content (AvgIpc) is 2.66. The van der Waals surface area contributed by atoms with Crippen LogP contribution in [0, 0.1) is 11.6 Å². The molecule has 0 N–H and O–H groups in total. The van der Waals surface area contributed by atoms with Crippen molar-refractivity contribution in [2.24, 2.45) is 0 Å². The van der Waals surface area contributed by atoms with Crippen molar-refractivity contribution in [3.8, 4) is 11.5 Å². The molecule has 1 aliphatic rings. The van der Waals surface area contributed by atoms with Gasteiger partial charge in [0.15, 0.2) is 23.1 Å². The summed E-state index contributed by atoms with van der Waals surface area (Å²) >= 11 is 0. The van der Waals surface area contributed by atoms with Gasteiger partial charge in [0, 0.05) is 39.3 Å². The lowest BCUT2D eigenvalue weighted by Gasteiger charge is -2.34. The van der Waals surface area contributed by atoms with Gasteiger partial charge in [0.2, 0.25) is 0 Å². The van der Waals surface area contributed by atoms with Crippen molar-refractivity contribution in [3.05, 3.63) is 59.2 Å². The molecular formula is C20H24F2N2O2. The molecule has 6 heteroatoms.